The third-order valence-electron chi connectivity index (χ3n) is 18.0. The van der Waals surface area contributed by atoms with Crippen LogP contribution in [0, 0.1) is 0 Å². The lowest BCUT2D eigenvalue weighted by Gasteiger charge is -2.22. The van der Waals surface area contributed by atoms with Crippen molar-refractivity contribution in [2.45, 2.75) is 443 Å². The molecule has 6 nitrogen and oxygen atoms in total. The Morgan fingerprint density at radius 3 is 0.916 bits per heavy atom. The molecule has 492 valence electrons. The van der Waals surface area contributed by atoms with Crippen molar-refractivity contribution in [1.29, 1.82) is 0 Å². The van der Waals surface area contributed by atoms with Crippen molar-refractivity contribution in [3.8, 4) is 0 Å². The zero-order valence-electron chi connectivity index (χ0n) is 56.5. The van der Waals surface area contributed by atoms with Gasteiger partial charge in [-0.05, 0) is 57.8 Å². The van der Waals surface area contributed by atoms with Crippen molar-refractivity contribution in [2.75, 3.05) is 13.2 Å². The second kappa shape index (κ2) is 72.8. The Kier molecular flexibility index (Phi) is 71.4. The lowest BCUT2D eigenvalue weighted by molar-refractivity contribution is -0.143. The number of rotatable bonds is 72. The highest BCUT2D eigenvalue weighted by Gasteiger charge is 2.20. The Balaban J connectivity index is 3.38. The number of allylic oxidation sites excluding steroid dienone is 4. The van der Waals surface area contributed by atoms with E-state index in [1.54, 1.807) is 0 Å². The molecule has 2 atom stereocenters. The minimum atomic E-state index is -0.666. The molecule has 0 rings (SSSR count). The molecule has 0 heterocycles. The zero-order chi connectivity index (χ0) is 59.9. The molecule has 83 heavy (non-hydrogen) atoms. The first-order valence-electron chi connectivity index (χ1n) is 38.1. The molecule has 6 heteroatoms. The molecule has 0 spiro atoms. The molecule has 0 fully saturated rings. The van der Waals surface area contributed by atoms with Crippen molar-refractivity contribution in [3.63, 3.8) is 0 Å². The summed E-state index contributed by atoms with van der Waals surface area (Å²) in [6, 6.07) is -0.543. The fourth-order valence-corrected chi connectivity index (χ4v) is 12.2. The van der Waals surface area contributed by atoms with Crippen LogP contribution in [0.4, 0.5) is 0 Å². The quantitative estimate of drug-likeness (QED) is 0.0320. The zero-order valence-corrected chi connectivity index (χ0v) is 56.5. The van der Waals surface area contributed by atoms with Gasteiger partial charge in [-0.25, -0.2) is 0 Å². The van der Waals surface area contributed by atoms with Crippen LogP contribution >= 0.6 is 0 Å². The van der Waals surface area contributed by atoms with E-state index in [9.17, 15) is 19.8 Å². The lowest BCUT2D eigenvalue weighted by Crippen LogP contribution is -2.45. The van der Waals surface area contributed by atoms with Gasteiger partial charge in [-0.2, -0.15) is 0 Å². The highest BCUT2D eigenvalue weighted by atomic mass is 16.5. The van der Waals surface area contributed by atoms with Crippen molar-refractivity contribution < 1.29 is 24.5 Å². The van der Waals surface area contributed by atoms with E-state index in [0.717, 1.165) is 44.9 Å². The molecule has 0 aromatic rings. The highest BCUT2D eigenvalue weighted by molar-refractivity contribution is 5.76. The Morgan fingerprint density at radius 1 is 0.337 bits per heavy atom. The van der Waals surface area contributed by atoms with E-state index in [1.807, 2.05) is 0 Å². The van der Waals surface area contributed by atoms with E-state index >= 15 is 0 Å². The molecule has 0 bridgehead atoms. The second-order valence-electron chi connectivity index (χ2n) is 26.3. The number of hydrogen-bond acceptors (Lipinski definition) is 5. The maximum absolute atomic E-state index is 12.5. The van der Waals surface area contributed by atoms with Gasteiger partial charge in [0.1, 0.15) is 0 Å². The van der Waals surface area contributed by atoms with Gasteiger partial charge in [0.05, 0.1) is 25.4 Å². The Labute approximate surface area is 520 Å². The van der Waals surface area contributed by atoms with Gasteiger partial charge >= 0.3 is 5.97 Å². The van der Waals surface area contributed by atoms with Crippen molar-refractivity contribution in [3.05, 3.63) is 24.3 Å². The number of nitrogens with one attached hydrogen (secondary N) is 1. The maximum atomic E-state index is 12.5. The van der Waals surface area contributed by atoms with Crippen LogP contribution in [0.2, 0.25) is 0 Å². The number of ether oxygens (including phenoxy) is 1. The van der Waals surface area contributed by atoms with Crippen LogP contribution in [0.1, 0.15) is 431 Å². The van der Waals surface area contributed by atoms with Gasteiger partial charge in [-0.15, -0.1) is 0 Å². The van der Waals surface area contributed by atoms with E-state index in [-0.39, 0.29) is 18.5 Å². The summed E-state index contributed by atoms with van der Waals surface area (Å²) in [5.74, 6) is -0.0141. The SMILES string of the molecule is CCCCCCCCCCCCCCCCCCCCCC(O)C(CO)NC(=O)CCCCCCCCCCCCCCC/C=C\C/C=C\CCCCCCCCCCCOC(=O)CCCCCCCCCCCCCCCCCCCC. The van der Waals surface area contributed by atoms with Crippen molar-refractivity contribution in [2.24, 2.45) is 0 Å². The summed E-state index contributed by atoms with van der Waals surface area (Å²) in [4.78, 5) is 24.7. The summed E-state index contributed by atoms with van der Waals surface area (Å²) in [5.41, 5.74) is 0. The summed E-state index contributed by atoms with van der Waals surface area (Å²) in [6.45, 7) is 5.00. The molecule has 0 radical (unpaired) electrons. The van der Waals surface area contributed by atoms with Crippen molar-refractivity contribution >= 4 is 11.9 Å². The largest absolute Gasteiger partial charge is 0.466 e. The number of aliphatic hydroxyl groups is 2. The van der Waals surface area contributed by atoms with E-state index in [1.165, 1.54) is 353 Å². The van der Waals surface area contributed by atoms with Crippen LogP contribution in [-0.4, -0.2) is 47.4 Å². The van der Waals surface area contributed by atoms with E-state index in [2.05, 4.69) is 43.5 Å². The van der Waals surface area contributed by atoms with Gasteiger partial charge in [-0.1, -0.05) is 385 Å². The molecule has 0 aliphatic heterocycles. The standard InChI is InChI=1S/C77H149NO5/c1-3-5-7-9-11-13-15-17-19-21-34-37-41-45-49-53-57-61-65-69-75(80)74(73-79)78-76(81)70-66-62-58-54-50-46-42-38-35-32-30-28-26-24-23-25-27-29-31-33-36-40-44-48-52-56-60-64-68-72-83-77(82)71-67-63-59-55-51-47-43-39-22-20-18-16-14-12-10-8-6-4-2/h23,25,29,31,74-75,79-80H,3-22,24,26-28,30,32-73H2,1-2H3,(H,78,81)/b25-23-,31-29-. The highest BCUT2D eigenvalue weighted by Crippen LogP contribution is 2.20. The molecular formula is C77H149NO5. The van der Waals surface area contributed by atoms with Crippen LogP contribution in [0.3, 0.4) is 0 Å². The third kappa shape index (κ3) is 69.3. The number of amides is 1. The average Bonchev–Trinajstić information content (AvgIpc) is 3.49. The fraction of sp³-hybridized carbons (Fsp3) is 0.922. The molecule has 0 saturated carbocycles. The Hall–Kier alpha value is -1.66. The summed E-state index contributed by atoms with van der Waals surface area (Å²) in [6.07, 6.45) is 92.5. The number of hydrogen-bond donors (Lipinski definition) is 3. The molecule has 3 N–H and O–H groups in total. The Morgan fingerprint density at radius 2 is 0.602 bits per heavy atom. The molecule has 0 aliphatic carbocycles. The number of unbranched alkanes of at least 4 members (excludes halogenated alkanes) is 57. The van der Waals surface area contributed by atoms with E-state index in [0.29, 0.717) is 25.9 Å². The Bertz CT molecular complexity index is 1300. The first-order valence-corrected chi connectivity index (χ1v) is 38.1. The summed E-state index contributed by atoms with van der Waals surface area (Å²) in [7, 11) is 0. The maximum Gasteiger partial charge on any atom is 0.305 e. The molecule has 0 aromatic heterocycles. The molecular weight excluding hydrogens is 1020 g/mol. The first kappa shape index (κ1) is 81.3. The molecule has 0 aliphatic rings. The number of carbonyl (C=O) groups excluding carboxylic acids is 2. The lowest BCUT2D eigenvalue weighted by atomic mass is 10.0. The van der Waals surface area contributed by atoms with Gasteiger partial charge in [0.2, 0.25) is 5.91 Å². The minimum absolute atomic E-state index is 0.0174. The normalized spacial score (nSPS) is 12.6. The van der Waals surface area contributed by atoms with E-state index in [4.69, 9.17) is 4.74 Å². The van der Waals surface area contributed by atoms with Crippen LogP contribution in [0.25, 0.3) is 0 Å². The smallest absolute Gasteiger partial charge is 0.305 e. The predicted molar refractivity (Wildman–Crippen MR) is 366 cm³/mol. The van der Waals surface area contributed by atoms with Gasteiger partial charge < -0.3 is 20.3 Å². The molecule has 0 saturated heterocycles. The molecule has 0 aromatic carbocycles. The summed E-state index contributed by atoms with van der Waals surface area (Å²) < 4.78 is 5.51. The third-order valence-corrected chi connectivity index (χ3v) is 18.0. The number of carbonyl (C=O) groups is 2. The van der Waals surface area contributed by atoms with Gasteiger partial charge in [0.25, 0.3) is 0 Å². The second-order valence-corrected chi connectivity index (χ2v) is 26.3. The topological polar surface area (TPSA) is 95.9 Å². The van der Waals surface area contributed by atoms with Crippen LogP contribution in [-0.2, 0) is 14.3 Å². The summed E-state index contributed by atoms with van der Waals surface area (Å²) in [5, 5.41) is 23.4. The van der Waals surface area contributed by atoms with Crippen LogP contribution < -0.4 is 5.32 Å². The monoisotopic (exact) mass is 1170 g/mol. The summed E-state index contributed by atoms with van der Waals surface area (Å²) >= 11 is 0. The molecule has 2 unspecified atom stereocenters. The van der Waals surface area contributed by atoms with Crippen molar-refractivity contribution in [1.82, 2.24) is 5.32 Å². The first-order chi connectivity index (χ1) is 41.0. The van der Waals surface area contributed by atoms with Gasteiger partial charge in [-0.3, -0.25) is 9.59 Å². The van der Waals surface area contributed by atoms with Crippen LogP contribution in [0.15, 0.2) is 24.3 Å². The van der Waals surface area contributed by atoms with Crippen LogP contribution in [0.5, 0.6) is 0 Å². The molecule has 1 amide bonds. The minimum Gasteiger partial charge on any atom is -0.466 e. The van der Waals surface area contributed by atoms with Gasteiger partial charge in [0.15, 0.2) is 0 Å². The predicted octanol–water partition coefficient (Wildman–Crippen LogP) is 24.9. The average molecular weight is 1170 g/mol. The number of aliphatic hydroxyl groups excluding tert-OH is 2. The fourth-order valence-electron chi connectivity index (χ4n) is 12.2. The number of esters is 1. The van der Waals surface area contributed by atoms with E-state index < -0.39 is 12.1 Å². The van der Waals surface area contributed by atoms with Gasteiger partial charge in [0, 0.05) is 12.8 Å².